The van der Waals surface area contributed by atoms with Crippen LogP contribution in [0.4, 0.5) is 0 Å². The third-order valence-electron chi connectivity index (χ3n) is 2.52. The van der Waals surface area contributed by atoms with Gasteiger partial charge in [0, 0.05) is 5.56 Å². The summed E-state index contributed by atoms with van der Waals surface area (Å²) in [5.74, 6) is -0.855. The molecular weight excluding hydrogens is 258 g/mol. The molecule has 0 spiro atoms. The normalized spacial score (nSPS) is 10.4. The zero-order valence-electron chi connectivity index (χ0n) is 9.73. The van der Waals surface area contributed by atoms with Gasteiger partial charge in [-0.15, -0.1) is 0 Å². The van der Waals surface area contributed by atoms with Crippen LogP contribution in [0.5, 0.6) is 5.75 Å². The van der Waals surface area contributed by atoms with Gasteiger partial charge in [0.1, 0.15) is 11.4 Å². The number of halogens is 1. The monoisotopic (exact) mass is 267 g/mol. The lowest BCUT2D eigenvalue weighted by Gasteiger charge is -2.08. The van der Waals surface area contributed by atoms with Crippen molar-refractivity contribution in [1.82, 2.24) is 4.98 Å². The first-order valence-electron chi connectivity index (χ1n) is 5.06. The molecule has 5 nitrogen and oxygen atoms in total. The Kier molecular flexibility index (Phi) is 3.25. The number of aryl methyl sites for hydroxylation is 1. The van der Waals surface area contributed by atoms with E-state index < -0.39 is 5.97 Å². The molecular formula is C12H10ClNO4. The number of hydrogen-bond donors (Lipinski definition) is 1. The number of methoxy groups -OCH3 is 1. The van der Waals surface area contributed by atoms with Crippen LogP contribution in [-0.4, -0.2) is 23.2 Å². The summed E-state index contributed by atoms with van der Waals surface area (Å²) in [5, 5.41) is 9.37. The molecule has 0 aliphatic heterocycles. The molecule has 0 bridgehead atoms. The molecule has 0 aliphatic carbocycles. The Labute approximate surface area is 108 Å². The van der Waals surface area contributed by atoms with Gasteiger partial charge in [-0.25, -0.2) is 9.78 Å². The van der Waals surface area contributed by atoms with Crippen molar-refractivity contribution in [3.63, 3.8) is 0 Å². The largest absolute Gasteiger partial charge is 0.495 e. The van der Waals surface area contributed by atoms with E-state index in [1.807, 2.05) is 6.92 Å². The molecule has 0 aliphatic rings. The van der Waals surface area contributed by atoms with Crippen molar-refractivity contribution in [3.8, 4) is 17.0 Å². The topological polar surface area (TPSA) is 72.6 Å². The maximum absolute atomic E-state index is 11.0. The van der Waals surface area contributed by atoms with Gasteiger partial charge in [0.2, 0.25) is 5.76 Å². The first-order valence-corrected chi connectivity index (χ1v) is 5.43. The Morgan fingerprint density at radius 3 is 2.83 bits per heavy atom. The molecule has 1 aromatic heterocycles. The van der Waals surface area contributed by atoms with Crippen LogP contribution in [0.1, 0.15) is 16.1 Å². The first-order chi connectivity index (χ1) is 8.54. The van der Waals surface area contributed by atoms with Gasteiger partial charge >= 0.3 is 5.97 Å². The predicted molar refractivity (Wildman–Crippen MR) is 65.2 cm³/mol. The molecule has 0 saturated heterocycles. The summed E-state index contributed by atoms with van der Waals surface area (Å²) in [7, 11) is 1.51. The minimum Gasteiger partial charge on any atom is -0.495 e. The van der Waals surface area contributed by atoms with Crippen LogP contribution in [0.15, 0.2) is 22.9 Å². The van der Waals surface area contributed by atoms with Crippen molar-refractivity contribution in [1.29, 1.82) is 0 Å². The Morgan fingerprint density at radius 1 is 1.50 bits per heavy atom. The molecule has 94 valence electrons. The number of aromatic nitrogens is 1. The number of benzene rings is 1. The first kappa shape index (κ1) is 12.4. The van der Waals surface area contributed by atoms with Crippen LogP contribution in [0.2, 0.25) is 5.02 Å². The fourth-order valence-corrected chi connectivity index (χ4v) is 1.90. The minimum atomic E-state index is -1.17. The van der Waals surface area contributed by atoms with Crippen LogP contribution in [0, 0.1) is 6.92 Å². The highest BCUT2D eigenvalue weighted by molar-refractivity contribution is 6.32. The van der Waals surface area contributed by atoms with E-state index >= 15 is 0 Å². The second-order valence-electron chi connectivity index (χ2n) is 3.64. The Hall–Kier alpha value is -2.01. The molecule has 0 radical (unpaired) electrons. The average Bonchev–Trinajstić information content (AvgIpc) is 2.80. The van der Waals surface area contributed by atoms with Crippen molar-refractivity contribution in [2.24, 2.45) is 0 Å². The van der Waals surface area contributed by atoms with Crippen molar-refractivity contribution in [3.05, 3.63) is 34.9 Å². The molecule has 0 fully saturated rings. The molecule has 6 heteroatoms. The summed E-state index contributed by atoms with van der Waals surface area (Å²) in [4.78, 5) is 14.9. The summed E-state index contributed by atoms with van der Waals surface area (Å²) in [6, 6.07) is 3.33. The van der Waals surface area contributed by atoms with E-state index in [4.69, 9.17) is 25.9 Å². The van der Waals surface area contributed by atoms with E-state index in [9.17, 15) is 4.79 Å². The number of hydrogen-bond acceptors (Lipinski definition) is 4. The van der Waals surface area contributed by atoms with Crippen LogP contribution in [-0.2, 0) is 0 Å². The third-order valence-corrected chi connectivity index (χ3v) is 2.81. The van der Waals surface area contributed by atoms with Gasteiger partial charge in [-0.05, 0) is 24.6 Å². The van der Waals surface area contributed by atoms with E-state index in [1.165, 1.54) is 7.11 Å². The van der Waals surface area contributed by atoms with Gasteiger partial charge in [-0.3, -0.25) is 0 Å². The SMILES string of the molecule is COc1cc(C)c(-c2ncoc2C(=O)O)cc1Cl. The van der Waals surface area contributed by atoms with Gasteiger partial charge < -0.3 is 14.3 Å². The lowest BCUT2D eigenvalue weighted by atomic mass is 10.0. The van der Waals surface area contributed by atoms with E-state index in [0.717, 1.165) is 12.0 Å². The second-order valence-corrected chi connectivity index (χ2v) is 4.04. The number of nitrogens with zero attached hydrogens (tertiary/aromatic N) is 1. The smallest absolute Gasteiger partial charge is 0.374 e. The number of carboxylic acid groups (broad SMARTS) is 1. The van der Waals surface area contributed by atoms with Crippen LogP contribution in [0.25, 0.3) is 11.3 Å². The van der Waals surface area contributed by atoms with Crippen molar-refractivity contribution in [2.75, 3.05) is 7.11 Å². The predicted octanol–water partition coefficient (Wildman–Crippen LogP) is 3.01. The summed E-state index contributed by atoms with van der Waals surface area (Å²) in [6.45, 7) is 1.81. The summed E-state index contributed by atoms with van der Waals surface area (Å²) < 4.78 is 9.93. The van der Waals surface area contributed by atoms with E-state index in [-0.39, 0.29) is 11.5 Å². The Morgan fingerprint density at radius 2 is 2.22 bits per heavy atom. The van der Waals surface area contributed by atoms with Gasteiger partial charge in [-0.2, -0.15) is 0 Å². The molecule has 2 rings (SSSR count). The average molecular weight is 268 g/mol. The van der Waals surface area contributed by atoms with Gasteiger partial charge in [0.15, 0.2) is 6.39 Å². The minimum absolute atomic E-state index is 0.209. The van der Waals surface area contributed by atoms with Crippen LogP contribution in [0.3, 0.4) is 0 Å². The van der Waals surface area contributed by atoms with Gasteiger partial charge in [-0.1, -0.05) is 11.6 Å². The molecule has 1 aromatic carbocycles. The molecule has 1 heterocycles. The highest BCUT2D eigenvalue weighted by atomic mass is 35.5. The molecule has 0 unspecified atom stereocenters. The summed E-state index contributed by atoms with van der Waals surface area (Å²) >= 11 is 6.02. The highest BCUT2D eigenvalue weighted by Crippen LogP contribution is 2.34. The summed E-state index contributed by atoms with van der Waals surface area (Å²) in [6.07, 6.45) is 1.09. The lowest BCUT2D eigenvalue weighted by molar-refractivity contribution is 0.0663. The van der Waals surface area contributed by atoms with Crippen molar-refractivity contribution in [2.45, 2.75) is 6.92 Å². The van der Waals surface area contributed by atoms with Crippen LogP contribution < -0.4 is 4.74 Å². The molecule has 0 atom stereocenters. The third kappa shape index (κ3) is 2.04. The number of ether oxygens (including phenoxy) is 1. The molecule has 18 heavy (non-hydrogen) atoms. The lowest BCUT2D eigenvalue weighted by Crippen LogP contribution is -1.98. The fourth-order valence-electron chi connectivity index (χ4n) is 1.66. The summed E-state index contributed by atoms with van der Waals surface area (Å²) in [5.41, 5.74) is 1.66. The maximum atomic E-state index is 11.0. The van der Waals surface area contributed by atoms with Gasteiger partial charge in [0.25, 0.3) is 0 Å². The Balaban J connectivity index is 2.61. The van der Waals surface area contributed by atoms with Crippen LogP contribution >= 0.6 is 11.6 Å². The molecule has 0 saturated carbocycles. The fraction of sp³-hybridized carbons (Fsp3) is 0.167. The maximum Gasteiger partial charge on any atom is 0.374 e. The Bertz CT molecular complexity index is 606. The quantitative estimate of drug-likeness (QED) is 0.925. The molecule has 2 aromatic rings. The zero-order valence-corrected chi connectivity index (χ0v) is 10.5. The van der Waals surface area contributed by atoms with Gasteiger partial charge in [0.05, 0.1) is 12.1 Å². The molecule has 0 amide bonds. The van der Waals surface area contributed by atoms with Crippen molar-refractivity contribution >= 4 is 17.6 Å². The molecule has 1 N–H and O–H groups in total. The number of carbonyl (C=O) groups is 1. The number of rotatable bonds is 3. The standard InChI is InChI=1S/C12H10ClNO4/c1-6-3-9(17-2)8(13)4-7(6)10-11(12(15)16)18-5-14-10/h3-5H,1-2H3,(H,15,16). The number of oxazole rings is 1. The second kappa shape index (κ2) is 4.70. The zero-order chi connectivity index (χ0) is 13.3. The van der Waals surface area contributed by atoms with E-state index in [2.05, 4.69) is 4.98 Å². The van der Waals surface area contributed by atoms with E-state index in [0.29, 0.717) is 16.3 Å². The highest BCUT2D eigenvalue weighted by Gasteiger charge is 2.20. The number of aromatic carboxylic acids is 1. The number of carboxylic acids is 1. The van der Waals surface area contributed by atoms with E-state index in [1.54, 1.807) is 12.1 Å². The van der Waals surface area contributed by atoms with Crippen molar-refractivity contribution < 1.29 is 19.1 Å².